The first-order chi connectivity index (χ1) is 10.1. The number of hydrogen-bond acceptors (Lipinski definition) is 4. The van der Waals surface area contributed by atoms with Crippen molar-refractivity contribution in [3.63, 3.8) is 0 Å². The smallest absolute Gasteiger partial charge is 0.313 e. The second-order valence-corrected chi connectivity index (χ2v) is 6.35. The van der Waals surface area contributed by atoms with E-state index >= 15 is 0 Å². The van der Waals surface area contributed by atoms with Crippen LogP contribution < -0.4 is 0 Å². The zero-order valence-corrected chi connectivity index (χ0v) is 12.9. The molecule has 1 aromatic carbocycles. The molecule has 2 aromatic rings. The topological polar surface area (TPSA) is 68.0 Å². The fourth-order valence-electron chi connectivity index (χ4n) is 2.41. The van der Waals surface area contributed by atoms with Crippen molar-refractivity contribution in [2.75, 3.05) is 5.75 Å². The van der Waals surface area contributed by atoms with Crippen molar-refractivity contribution in [2.45, 2.75) is 37.9 Å². The summed E-state index contributed by atoms with van der Waals surface area (Å²) in [5.74, 6) is 0.0267. The Balaban J connectivity index is 2.00. The predicted octanol–water partition coefficient (Wildman–Crippen LogP) is 3.07. The van der Waals surface area contributed by atoms with Gasteiger partial charge in [-0.15, -0.1) is 10.2 Å². The lowest BCUT2D eigenvalue weighted by Crippen LogP contribution is -2.03. The number of aromatic nitrogens is 3. The molecule has 1 saturated carbocycles. The van der Waals surface area contributed by atoms with Crippen LogP contribution in [-0.2, 0) is 4.79 Å². The van der Waals surface area contributed by atoms with E-state index < -0.39 is 5.97 Å². The first-order valence-corrected chi connectivity index (χ1v) is 7.92. The number of carboxylic acids is 1. The molecule has 0 amide bonds. The van der Waals surface area contributed by atoms with Crippen molar-refractivity contribution in [1.29, 1.82) is 0 Å². The predicted molar refractivity (Wildman–Crippen MR) is 81.6 cm³/mol. The van der Waals surface area contributed by atoms with E-state index in [9.17, 15) is 4.79 Å². The Morgan fingerprint density at radius 2 is 2.14 bits per heavy atom. The molecular weight excluding hydrogens is 286 g/mol. The van der Waals surface area contributed by atoms with Crippen LogP contribution in [0.4, 0.5) is 0 Å². The van der Waals surface area contributed by atoms with Gasteiger partial charge in [0.2, 0.25) is 0 Å². The summed E-state index contributed by atoms with van der Waals surface area (Å²) < 4.78 is 2.10. The number of carboxylic acid groups (broad SMARTS) is 1. The molecule has 3 rings (SSSR count). The summed E-state index contributed by atoms with van der Waals surface area (Å²) in [6, 6.07) is 6.68. The number of aliphatic carboxylic acids is 1. The maximum absolute atomic E-state index is 10.8. The maximum atomic E-state index is 10.8. The molecule has 0 spiro atoms. The van der Waals surface area contributed by atoms with Crippen LogP contribution in [0.2, 0.25) is 0 Å². The second kappa shape index (κ2) is 5.52. The molecule has 0 radical (unpaired) electrons. The van der Waals surface area contributed by atoms with Crippen LogP contribution in [0.15, 0.2) is 23.4 Å². The molecule has 1 aliphatic rings. The SMILES string of the molecule is Cc1ccc(-c2nnc(SCC(=O)O)n2C2CC2)c(C)c1. The summed E-state index contributed by atoms with van der Waals surface area (Å²) in [4.78, 5) is 10.8. The Morgan fingerprint density at radius 3 is 2.76 bits per heavy atom. The zero-order valence-electron chi connectivity index (χ0n) is 12.0. The largest absolute Gasteiger partial charge is 0.481 e. The van der Waals surface area contributed by atoms with E-state index in [0.717, 1.165) is 24.2 Å². The molecule has 5 nitrogen and oxygen atoms in total. The monoisotopic (exact) mass is 303 g/mol. The normalized spacial score (nSPS) is 14.4. The van der Waals surface area contributed by atoms with Gasteiger partial charge in [0.05, 0.1) is 5.75 Å². The molecule has 0 bridgehead atoms. The molecule has 0 saturated heterocycles. The minimum atomic E-state index is -0.835. The minimum Gasteiger partial charge on any atom is -0.481 e. The third kappa shape index (κ3) is 2.95. The summed E-state index contributed by atoms with van der Waals surface area (Å²) in [5.41, 5.74) is 3.45. The van der Waals surface area contributed by atoms with Crippen LogP contribution >= 0.6 is 11.8 Å². The van der Waals surface area contributed by atoms with Crippen molar-refractivity contribution in [1.82, 2.24) is 14.8 Å². The Hall–Kier alpha value is -1.82. The van der Waals surface area contributed by atoms with Gasteiger partial charge in [-0.05, 0) is 32.3 Å². The van der Waals surface area contributed by atoms with Crippen LogP contribution in [0.25, 0.3) is 11.4 Å². The fraction of sp³-hybridized carbons (Fsp3) is 0.400. The average molecular weight is 303 g/mol. The Kier molecular flexibility index (Phi) is 3.71. The van der Waals surface area contributed by atoms with E-state index in [0.29, 0.717) is 11.2 Å². The summed E-state index contributed by atoms with van der Waals surface area (Å²) >= 11 is 1.24. The molecule has 1 aliphatic carbocycles. The molecule has 21 heavy (non-hydrogen) atoms. The molecule has 1 fully saturated rings. The molecular formula is C15H17N3O2S. The van der Waals surface area contributed by atoms with Gasteiger partial charge in [-0.2, -0.15) is 0 Å². The lowest BCUT2D eigenvalue weighted by Gasteiger charge is -2.10. The molecule has 1 N–H and O–H groups in total. The summed E-state index contributed by atoms with van der Waals surface area (Å²) in [7, 11) is 0. The van der Waals surface area contributed by atoms with Crippen LogP contribution in [-0.4, -0.2) is 31.6 Å². The molecule has 0 unspecified atom stereocenters. The first kappa shape index (κ1) is 14.1. The highest BCUT2D eigenvalue weighted by atomic mass is 32.2. The second-order valence-electron chi connectivity index (χ2n) is 5.41. The van der Waals surface area contributed by atoms with Crippen molar-refractivity contribution >= 4 is 17.7 Å². The maximum Gasteiger partial charge on any atom is 0.313 e. The van der Waals surface area contributed by atoms with Crippen LogP contribution in [0, 0.1) is 13.8 Å². The van der Waals surface area contributed by atoms with E-state index in [4.69, 9.17) is 5.11 Å². The van der Waals surface area contributed by atoms with Gasteiger partial charge in [0.25, 0.3) is 0 Å². The van der Waals surface area contributed by atoms with Gasteiger partial charge in [-0.1, -0.05) is 35.5 Å². The summed E-state index contributed by atoms with van der Waals surface area (Å²) in [6.45, 7) is 4.13. The fourth-order valence-corrected chi connectivity index (χ4v) is 3.14. The van der Waals surface area contributed by atoms with Gasteiger partial charge in [-0.3, -0.25) is 9.36 Å². The average Bonchev–Trinajstić information content (AvgIpc) is 3.17. The number of rotatable bonds is 5. The van der Waals surface area contributed by atoms with E-state index in [1.807, 2.05) is 0 Å². The molecule has 1 heterocycles. The standard InChI is InChI=1S/C15H17N3O2S/c1-9-3-6-12(10(2)7-9)14-16-17-15(21-8-13(19)20)18(14)11-4-5-11/h3,6-7,11H,4-5,8H2,1-2H3,(H,19,20). The molecule has 0 atom stereocenters. The lowest BCUT2D eigenvalue weighted by atomic mass is 10.1. The third-order valence-corrected chi connectivity index (χ3v) is 4.45. The number of aryl methyl sites for hydroxylation is 2. The van der Waals surface area contributed by atoms with Crippen molar-refractivity contribution in [3.8, 4) is 11.4 Å². The number of nitrogens with zero attached hydrogens (tertiary/aromatic N) is 3. The van der Waals surface area contributed by atoms with Crippen molar-refractivity contribution in [3.05, 3.63) is 29.3 Å². The number of carbonyl (C=O) groups is 1. The molecule has 6 heteroatoms. The molecule has 0 aliphatic heterocycles. The quantitative estimate of drug-likeness (QED) is 0.860. The number of benzene rings is 1. The van der Waals surface area contributed by atoms with Gasteiger partial charge in [0.15, 0.2) is 11.0 Å². The minimum absolute atomic E-state index is 0.0116. The lowest BCUT2D eigenvalue weighted by molar-refractivity contribution is -0.133. The van der Waals surface area contributed by atoms with Crippen LogP contribution in [0.5, 0.6) is 0 Å². The van der Waals surface area contributed by atoms with Crippen LogP contribution in [0.1, 0.15) is 30.0 Å². The van der Waals surface area contributed by atoms with Gasteiger partial charge in [-0.25, -0.2) is 0 Å². The highest BCUT2D eigenvalue weighted by molar-refractivity contribution is 7.99. The Labute approximate surface area is 127 Å². The van der Waals surface area contributed by atoms with Crippen LogP contribution in [0.3, 0.4) is 0 Å². The van der Waals surface area contributed by atoms with E-state index in [1.54, 1.807) is 0 Å². The Morgan fingerprint density at radius 1 is 1.38 bits per heavy atom. The zero-order chi connectivity index (χ0) is 15.0. The highest BCUT2D eigenvalue weighted by Crippen LogP contribution is 2.41. The van der Waals surface area contributed by atoms with Gasteiger partial charge in [0, 0.05) is 11.6 Å². The highest BCUT2D eigenvalue weighted by Gasteiger charge is 2.30. The van der Waals surface area contributed by atoms with E-state index in [2.05, 4.69) is 46.8 Å². The van der Waals surface area contributed by atoms with Gasteiger partial charge >= 0.3 is 5.97 Å². The third-order valence-electron chi connectivity index (χ3n) is 3.52. The number of hydrogen-bond donors (Lipinski definition) is 1. The van der Waals surface area contributed by atoms with Gasteiger partial charge in [0.1, 0.15) is 0 Å². The molecule has 110 valence electrons. The van der Waals surface area contributed by atoms with Crippen molar-refractivity contribution in [2.24, 2.45) is 0 Å². The Bertz CT molecular complexity index is 692. The first-order valence-electron chi connectivity index (χ1n) is 6.93. The van der Waals surface area contributed by atoms with E-state index in [1.165, 1.54) is 22.9 Å². The summed E-state index contributed by atoms with van der Waals surface area (Å²) in [5, 5.41) is 18.1. The van der Waals surface area contributed by atoms with Gasteiger partial charge < -0.3 is 5.11 Å². The van der Waals surface area contributed by atoms with E-state index in [-0.39, 0.29) is 5.75 Å². The number of thioether (sulfide) groups is 1. The summed E-state index contributed by atoms with van der Waals surface area (Å²) in [6.07, 6.45) is 2.22. The molecule has 1 aromatic heterocycles. The van der Waals surface area contributed by atoms with Crippen molar-refractivity contribution < 1.29 is 9.90 Å².